The van der Waals surface area contributed by atoms with Crippen LogP contribution in [0.15, 0.2) is 18.2 Å². The van der Waals surface area contributed by atoms with Crippen molar-refractivity contribution in [2.24, 2.45) is 5.73 Å². The van der Waals surface area contributed by atoms with Crippen LogP contribution in [0.5, 0.6) is 0 Å². The van der Waals surface area contributed by atoms with Gasteiger partial charge in [-0.3, -0.25) is 0 Å². The van der Waals surface area contributed by atoms with E-state index in [0.717, 1.165) is 48.3 Å². The minimum atomic E-state index is 0.329. The van der Waals surface area contributed by atoms with Gasteiger partial charge in [0.2, 0.25) is 0 Å². The average Bonchev–Trinajstić information content (AvgIpc) is 2.95. The van der Waals surface area contributed by atoms with Gasteiger partial charge >= 0.3 is 0 Å². The molecule has 0 saturated heterocycles. The molecule has 1 aliphatic rings. The molecule has 19 heavy (non-hydrogen) atoms. The summed E-state index contributed by atoms with van der Waals surface area (Å²) in [6.07, 6.45) is 4.38. The summed E-state index contributed by atoms with van der Waals surface area (Å²) in [6, 6.07) is 6.29. The Hall–Kier alpha value is -1.06. The first-order valence-electron chi connectivity index (χ1n) is 7.11. The zero-order chi connectivity index (χ0) is 13.4. The summed E-state index contributed by atoms with van der Waals surface area (Å²) in [5, 5.41) is 0.798. The average molecular weight is 278 g/mol. The van der Waals surface area contributed by atoms with Crippen molar-refractivity contribution in [2.75, 3.05) is 0 Å². The molecule has 2 unspecified atom stereocenters. The Morgan fingerprint density at radius 1 is 1.42 bits per heavy atom. The minimum absolute atomic E-state index is 0.329. The minimum Gasteiger partial charge on any atom is -0.328 e. The highest BCUT2D eigenvalue weighted by Crippen LogP contribution is 2.36. The predicted octanol–water partition coefficient (Wildman–Crippen LogP) is 3.69. The van der Waals surface area contributed by atoms with Crippen molar-refractivity contribution >= 4 is 22.6 Å². The van der Waals surface area contributed by atoms with E-state index in [0.29, 0.717) is 12.0 Å². The van der Waals surface area contributed by atoms with Crippen molar-refractivity contribution in [2.45, 2.75) is 51.1 Å². The summed E-state index contributed by atoms with van der Waals surface area (Å²) in [6.45, 7) is 3.16. The number of para-hydroxylation sites is 1. The number of benzene rings is 1. The van der Waals surface area contributed by atoms with Gasteiger partial charge in [-0.25, -0.2) is 4.98 Å². The van der Waals surface area contributed by atoms with E-state index in [9.17, 15) is 0 Å². The number of aryl methyl sites for hydroxylation is 1. The molecule has 102 valence electrons. The molecule has 0 bridgehead atoms. The molecule has 1 aliphatic carbocycles. The van der Waals surface area contributed by atoms with E-state index in [1.807, 2.05) is 18.2 Å². The van der Waals surface area contributed by atoms with Gasteiger partial charge in [0.15, 0.2) is 0 Å². The predicted molar refractivity (Wildman–Crippen MR) is 79.6 cm³/mol. The van der Waals surface area contributed by atoms with Gasteiger partial charge in [-0.1, -0.05) is 24.6 Å². The van der Waals surface area contributed by atoms with E-state index in [1.165, 1.54) is 5.82 Å². The van der Waals surface area contributed by atoms with Gasteiger partial charge in [-0.15, -0.1) is 0 Å². The molecule has 1 aromatic heterocycles. The van der Waals surface area contributed by atoms with Crippen LogP contribution >= 0.6 is 11.6 Å². The van der Waals surface area contributed by atoms with Crippen LogP contribution in [0, 0.1) is 0 Å². The lowest BCUT2D eigenvalue weighted by Gasteiger charge is -2.13. The van der Waals surface area contributed by atoms with E-state index in [4.69, 9.17) is 22.3 Å². The van der Waals surface area contributed by atoms with Crippen LogP contribution in [-0.4, -0.2) is 15.6 Å². The fourth-order valence-corrected chi connectivity index (χ4v) is 3.44. The molecule has 4 heteroatoms. The quantitative estimate of drug-likeness (QED) is 0.930. The molecular weight excluding hydrogens is 258 g/mol. The highest BCUT2D eigenvalue weighted by Gasteiger charge is 2.28. The number of nitrogens with zero attached hydrogens (tertiary/aromatic N) is 2. The van der Waals surface area contributed by atoms with Crippen LogP contribution in [0.2, 0.25) is 5.02 Å². The van der Waals surface area contributed by atoms with E-state index in [-0.39, 0.29) is 0 Å². The number of nitrogens with two attached hydrogens (primary N) is 1. The number of imidazole rings is 1. The molecule has 1 fully saturated rings. The lowest BCUT2D eigenvalue weighted by Crippen LogP contribution is -2.15. The summed E-state index contributed by atoms with van der Waals surface area (Å²) >= 11 is 6.36. The van der Waals surface area contributed by atoms with Crippen molar-refractivity contribution in [1.82, 2.24) is 9.55 Å². The second-order valence-electron chi connectivity index (χ2n) is 5.50. The molecule has 3 rings (SSSR count). The van der Waals surface area contributed by atoms with Gasteiger partial charge in [0.1, 0.15) is 5.82 Å². The number of fused-ring (bicyclic) bond motifs is 1. The summed E-state index contributed by atoms with van der Waals surface area (Å²) in [5.74, 6) is 1.67. The second-order valence-corrected chi connectivity index (χ2v) is 5.91. The van der Waals surface area contributed by atoms with Crippen molar-refractivity contribution in [3.8, 4) is 0 Å². The van der Waals surface area contributed by atoms with Gasteiger partial charge in [0.05, 0.1) is 16.1 Å². The van der Waals surface area contributed by atoms with Crippen LogP contribution in [0.4, 0.5) is 0 Å². The molecule has 3 nitrogen and oxygen atoms in total. The SMILES string of the molecule is CCCn1c(C2CCC(N)C2)nc2cccc(Cl)c21. The maximum atomic E-state index is 6.36. The van der Waals surface area contributed by atoms with Crippen molar-refractivity contribution in [3.63, 3.8) is 0 Å². The molecule has 0 spiro atoms. The van der Waals surface area contributed by atoms with Crippen molar-refractivity contribution < 1.29 is 0 Å². The normalized spacial score (nSPS) is 23.3. The molecule has 1 saturated carbocycles. The molecular formula is C15H20ClN3. The Morgan fingerprint density at radius 3 is 2.95 bits per heavy atom. The van der Waals surface area contributed by atoms with Gasteiger partial charge in [-0.05, 0) is 37.8 Å². The summed E-state index contributed by atoms with van der Waals surface area (Å²) in [4.78, 5) is 4.83. The Balaban J connectivity index is 2.12. The third-order valence-corrected chi connectivity index (χ3v) is 4.34. The van der Waals surface area contributed by atoms with E-state index in [2.05, 4.69) is 11.5 Å². The summed E-state index contributed by atoms with van der Waals surface area (Å²) in [5.41, 5.74) is 8.14. The second kappa shape index (κ2) is 5.14. The number of hydrogen-bond donors (Lipinski definition) is 1. The largest absolute Gasteiger partial charge is 0.328 e. The number of aromatic nitrogens is 2. The molecule has 1 heterocycles. The first kappa shape index (κ1) is 12.9. The Morgan fingerprint density at radius 2 is 2.26 bits per heavy atom. The fourth-order valence-electron chi connectivity index (χ4n) is 3.17. The van der Waals surface area contributed by atoms with Gasteiger partial charge in [-0.2, -0.15) is 0 Å². The summed E-state index contributed by atoms with van der Waals surface area (Å²) < 4.78 is 2.31. The molecule has 2 N–H and O–H groups in total. The first-order valence-corrected chi connectivity index (χ1v) is 7.48. The van der Waals surface area contributed by atoms with Crippen LogP contribution in [0.25, 0.3) is 11.0 Å². The third-order valence-electron chi connectivity index (χ3n) is 4.03. The Labute approximate surface area is 118 Å². The molecule has 1 aromatic carbocycles. The first-order chi connectivity index (χ1) is 9.20. The fraction of sp³-hybridized carbons (Fsp3) is 0.533. The van der Waals surface area contributed by atoms with Crippen LogP contribution in [-0.2, 0) is 6.54 Å². The van der Waals surface area contributed by atoms with Gasteiger partial charge in [0.25, 0.3) is 0 Å². The maximum Gasteiger partial charge on any atom is 0.113 e. The Kier molecular flexibility index (Phi) is 3.50. The van der Waals surface area contributed by atoms with Crippen LogP contribution in [0.1, 0.15) is 44.3 Å². The van der Waals surface area contributed by atoms with E-state index < -0.39 is 0 Å². The van der Waals surface area contributed by atoms with Crippen molar-refractivity contribution in [3.05, 3.63) is 29.0 Å². The van der Waals surface area contributed by atoms with E-state index >= 15 is 0 Å². The van der Waals surface area contributed by atoms with Gasteiger partial charge < -0.3 is 10.3 Å². The molecule has 2 aromatic rings. The van der Waals surface area contributed by atoms with E-state index in [1.54, 1.807) is 0 Å². The number of hydrogen-bond acceptors (Lipinski definition) is 2. The topological polar surface area (TPSA) is 43.8 Å². The zero-order valence-corrected chi connectivity index (χ0v) is 12.0. The van der Waals surface area contributed by atoms with Crippen LogP contribution < -0.4 is 5.73 Å². The smallest absolute Gasteiger partial charge is 0.113 e. The zero-order valence-electron chi connectivity index (χ0n) is 11.3. The molecule has 0 radical (unpaired) electrons. The summed E-state index contributed by atoms with van der Waals surface area (Å²) in [7, 11) is 0. The lowest BCUT2D eigenvalue weighted by atomic mass is 10.1. The monoisotopic (exact) mass is 277 g/mol. The molecule has 0 amide bonds. The number of halogens is 1. The number of rotatable bonds is 3. The van der Waals surface area contributed by atoms with Crippen LogP contribution in [0.3, 0.4) is 0 Å². The Bertz CT molecular complexity index is 590. The lowest BCUT2D eigenvalue weighted by molar-refractivity contribution is 0.577. The highest BCUT2D eigenvalue weighted by molar-refractivity contribution is 6.35. The third kappa shape index (κ3) is 2.26. The highest BCUT2D eigenvalue weighted by atomic mass is 35.5. The van der Waals surface area contributed by atoms with Gasteiger partial charge in [0, 0.05) is 18.5 Å². The molecule has 2 atom stereocenters. The standard InChI is InChI=1S/C15H20ClN3/c1-2-8-19-14-12(16)4-3-5-13(14)18-15(19)10-6-7-11(17)9-10/h3-5,10-11H,2,6-9,17H2,1H3. The molecule has 0 aliphatic heterocycles. The maximum absolute atomic E-state index is 6.36. The van der Waals surface area contributed by atoms with Crippen molar-refractivity contribution in [1.29, 1.82) is 0 Å².